The van der Waals surface area contributed by atoms with Crippen molar-refractivity contribution >= 4 is 5.91 Å². The highest BCUT2D eigenvalue weighted by atomic mass is 19.1. The number of carbonyl (C=O) groups is 1. The van der Waals surface area contributed by atoms with Crippen LogP contribution in [0.25, 0.3) is 0 Å². The zero-order valence-corrected chi connectivity index (χ0v) is 13.8. The lowest BCUT2D eigenvalue weighted by Gasteiger charge is -2.44. The van der Waals surface area contributed by atoms with E-state index in [1.54, 1.807) is 12.1 Å². The number of hydrogen-bond acceptors (Lipinski definition) is 2. The summed E-state index contributed by atoms with van der Waals surface area (Å²) in [6, 6.07) is 6.83. The van der Waals surface area contributed by atoms with Crippen LogP contribution in [0.5, 0.6) is 0 Å². The summed E-state index contributed by atoms with van der Waals surface area (Å²) < 4.78 is 19.0. The number of ether oxygens (including phenoxy) is 1. The van der Waals surface area contributed by atoms with E-state index in [0.29, 0.717) is 19.6 Å². The van der Waals surface area contributed by atoms with Crippen molar-refractivity contribution in [1.82, 2.24) is 4.90 Å². The average Bonchev–Trinajstić information content (AvgIpc) is 2.60. The quantitative estimate of drug-likeness (QED) is 0.843. The summed E-state index contributed by atoms with van der Waals surface area (Å²) in [4.78, 5) is 14.9. The SMILES string of the molecule is CCC(CC(=O)N1CCOC2CCCCC21)c1ccc(F)cc1. The Morgan fingerprint density at radius 1 is 1.30 bits per heavy atom. The van der Waals surface area contributed by atoms with Gasteiger partial charge >= 0.3 is 0 Å². The highest BCUT2D eigenvalue weighted by Crippen LogP contribution is 2.31. The van der Waals surface area contributed by atoms with Crippen LogP contribution < -0.4 is 0 Å². The fourth-order valence-electron chi connectivity index (χ4n) is 3.97. The predicted octanol–water partition coefficient (Wildman–Crippen LogP) is 3.88. The average molecular weight is 319 g/mol. The number of carbonyl (C=O) groups excluding carboxylic acids is 1. The summed E-state index contributed by atoms with van der Waals surface area (Å²) in [6.45, 7) is 3.45. The molecule has 2 aliphatic rings. The Morgan fingerprint density at radius 3 is 2.78 bits per heavy atom. The van der Waals surface area contributed by atoms with Gasteiger partial charge in [0.2, 0.25) is 5.91 Å². The minimum absolute atomic E-state index is 0.160. The third kappa shape index (κ3) is 3.74. The Labute approximate surface area is 137 Å². The Kier molecular flexibility index (Phi) is 5.31. The lowest BCUT2D eigenvalue weighted by molar-refractivity contribution is -0.150. The van der Waals surface area contributed by atoms with Gasteiger partial charge in [0, 0.05) is 13.0 Å². The molecule has 0 spiro atoms. The van der Waals surface area contributed by atoms with Crippen LogP contribution in [-0.4, -0.2) is 36.1 Å². The maximum Gasteiger partial charge on any atom is 0.223 e. The van der Waals surface area contributed by atoms with Crippen molar-refractivity contribution in [1.29, 1.82) is 0 Å². The van der Waals surface area contributed by atoms with Crippen LogP contribution in [0.3, 0.4) is 0 Å². The van der Waals surface area contributed by atoms with Crippen molar-refractivity contribution in [2.45, 2.75) is 63.5 Å². The van der Waals surface area contributed by atoms with Crippen LogP contribution >= 0.6 is 0 Å². The maximum atomic E-state index is 13.1. The van der Waals surface area contributed by atoms with Crippen LogP contribution in [0.2, 0.25) is 0 Å². The molecule has 0 bridgehead atoms. The predicted molar refractivity (Wildman–Crippen MR) is 87.8 cm³/mol. The molecule has 1 aromatic rings. The van der Waals surface area contributed by atoms with E-state index in [1.807, 2.05) is 0 Å². The molecular weight excluding hydrogens is 293 g/mol. The molecule has 1 saturated carbocycles. The third-order valence-corrected chi connectivity index (χ3v) is 5.31. The number of hydrogen-bond donors (Lipinski definition) is 0. The normalized spacial score (nSPS) is 25.7. The lowest BCUT2D eigenvalue weighted by atomic mass is 9.88. The van der Waals surface area contributed by atoms with Crippen LogP contribution in [0.1, 0.15) is 56.9 Å². The molecule has 2 fully saturated rings. The van der Waals surface area contributed by atoms with Gasteiger partial charge in [0.25, 0.3) is 0 Å². The van der Waals surface area contributed by atoms with Crippen molar-refractivity contribution in [2.24, 2.45) is 0 Å². The molecule has 1 aliphatic carbocycles. The van der Waals surface area contributed by atoms with Crippen LogP contribution in [0, 0.1) is 5.82 Å². The number of amides is 1. The van der Waals surface area contributed by atoms with Crippen molar-refractivity contribution in [3.8, 4) is 0 Å². The molecular formula is C19H26FNO2. The largest absolute Gasteiger partial charge is 0.374 e. The first-order valence-corrected chi connectivity index (χ1v) is 8.85. The summed E-state index contributed by atoms with van der Waals surface area (Å²) in [6.07, 6.45) is 6.14. The van der Waals surface area contributed by atoms with E-state index in [2.05, 4.69) is 11.8 Å². The summed E-state index contributed by atoms with van der Waals surface area (Å²) in [5, 5.41) is 0. The fraction of sp³-hybridized carbons (Fsp3) is 0.632. The summed E-state index contributed by atoms with van der Waals surface area (Å²) in [5.74, 6) is 0.155. The highest BCUT2D eigenvalue weighted by molar-refractivity contribution is 5.77. The number of halogens is 1. The molecule has 1 saturated heterocycles. The first-order chi connectivity index (χ1) is 11.2. The van der Waals surface area contributed by atoms with Gasteiger partial charge in [-0.15, -0.1) is 0 Å². The molecule has 1 heterocycles. The van der Waals surface area contributed by atoms with Gasteiger partial charge in [-0.25, -0.2) is 4.39 Å². The van der Waals surface area contributed by atoms with Gasteiger partial charge in [-0.3, -0.25) is 4.79 Å². The molecule has 0 aromatic heterocycles. The second-order valence-electron chi connectivity index (χ2n) is 6.71. The highest BCUT2D eigenvalue weighted by Gasteiger charge is 2.36. The summed E-state index contributed by atoms with van der Waals surface area (Å²) in [7, 11) is 0. The topological polar surface area (TPSA) is 29.5 Å². The molecule has 4 heteroatoms. The molecule has 3 rings (SSSR count). The number of benzene rings is 1. The van der Waals surface area contributed by atoms with Crippen LogP contribution in [0.15, 0.2) is 24.3 Å². The van der Waals surface area contributed by atoms with E-state index in [9.17, 15) is 9.18 Å². The van der Waals surface area contributed by atoms with E-state index in [1.165, 1.54) is 25.0 Å². The number of rotatable bonds is 4. The molecule has 3 unspecified atom stereocenters. The fourth-order valence-corrected chi connectivity index (χ4v) is 3.97. The number of morpholine rings is 1. The maximum absolute atomic E-state index is 13.1. The van der Waals surface area contributed by atoms with Gasteiger partial charge in [-0.1, -0.05) is 31.9 Å². The minimum atomic E-state index is -0.229. The lowest BCUT2D eigenvalue weighted by Crippen LogP contribution is -2.55. The summed E-state index contributed by atoms with van der Waals surface area (Å²) >= 11 is 0. The molecule has 126 valence electrons. The van der Waals surface area contributed by atoms with Gasteiger partial charge in [0.1, 0.15) is 5.82 Å². The smallest absolute Gasteiger partial charge is 0.223 e. The van der Waals surface area contributed by atoms with Crippen molar-refractivity contribution < 1.29 is 13.9 Å². The van der Waals surface area contributed by atoms with Gasteiger partial charge in [-0.05, 0) is 42.9 Å². The van der Waals surface area contributed by atoms with E-state index in [0.717, 1.165) is 24.8 Å². The Hall–Kier alpha value is -1.42. The minimum Gasteiger partial charge on any atom is -0.374 e. The molecule has 3 atom stereocenters. The second kappa shape index (κ2) is 7.43. The molecule has 3 nitrogen and oxygen atoms in total. The standard InChI is InChI=1S/C19H26FNO2/c1-2-14(15-7-9-16(20)10-8-15)13-19(22)21-11-12-23-18-6-4-3-5-17(18)21/h7-10,14,17-18H,2-6,11-13H2,1H3. The van der Waals surface area contributed by atoms with Crippen LogP contribution in [-0.2, 0) is 9.53 Å². The second-order valence-corrected chi connectivity index (χ2v) is 6.71. The zero-order valence-electron chi connectivity index (χ0n) is 13.8. The van der Waals surface area contributed by atoms with Crippen LogP contribution in [0.4, 0.5) is 4.39 Å². The number of nitrogens with zero attached hydrogens (tertiary/aromatic N) is 1. The van der Waals surface area contributed by atoms with Crippen molar-refractivity contribution in [3.05, 3.63) is 35.6 Å². The summed E-state index contributed by atoms with van der Waals surface area (Å²) in [5.41, 5.74) is 1.05. The Morgan fingerprint density at radius 2 is 2.04 bits per heavy atom. The molecule has 1 aromatic carbocycles. The van der Waals surface area contributed by atoms with E-state index in [4.69, 9.17) is 4.74 Å². The van der Waals surface area contributed by atoms with Gasteiger partial charge in [-0.2, -0.15) is 0 Å². The van der Waals surface area contributed by atoms with Crippen molar-refractivity contribution in [2.75, 3.05) is 13.2 Å². The Balaban J connectivity index is 1.67. The van der Waals surface area contributed by atoms with Gasteiger partial charge in [0.15, 0.2) is 0 Å². The van der Waals surface area contributed by atoms with E-state index in [-0.39, 0.29) is 29.8 Å². The number of fused-ring (bicyclic) bond motifs is 1. The first-order valence-electron chi connectivity index (χ1n) is 8.85. The van der Waals surface area contributed by atoms with Gasteiger partial charge in [0.05, 0.1) is 18.8 Å². The molecule has 0 N–H and O–H groups in total. The molecule has 1 amide bonds. The van der Waals surface area contributed by atoms with E-state index >= 15 is 0 Å². The Bertz CT molecular complexity index is 529. The first kappa shape index (κ1) is 16.4. The molecule has 1 aliphatic heterocycles. The zero-order chi connectivity index (χ0) is 16.2. The van der Waals surface area contributed by atoms with E-state index < -0.39 is 0 Å². The molecule has 23 heavy (non-hydrogen) atoms. The third-order valence-electron chi connectivity index (χ3n) is 5.31. The monoisotopic (exact) mass is 319 g/mol. The molecule has 0 radical (unpaired) electrons. The van der Waals surface area contributed by atoms with Crippen molar-refractivity contribution in [3.63, 3.8) is 0 Å². The van der Waals surface area contributed by atoms with Gasteiger partial charge < -0.3 is 9.64 Å².